The number of hydrogen-bond acceptors (Lipinski definition) is 4. The molecule has 134 valence electrons. The molecule has 2 heterocycles. The van der Waals surface area contributed by atoms with Gasteiger partial charge in [0.1, 0.15) is 11.9 Å². The molecular weight excluding hydrogens is 372 g/mol. The summed E-state index contributed by atoms with van der Waals surface area (Å²) in [5.74, 6) is 0.110. The van der Waals surface area contributed by atoms with Crippen LogP contribution in [0.1, 0.15) is 27.1 Å². The van der Waals surface area contributed by atoms with Gasteiger partial charge in [-0.1, -0.05) is 29.8 Å². The van der Waals surface area contributed by atoms with Gasteiger partial charge in [0.2, 0.25) is 5.91 Å². The van der Waals surface area contributed by atoms with Crippen molar-refractivity contribution in [3.63, 3.8) is 0 Å². The van der Waals surface area contributed by atoms with E-state index < -0.39 is 6.04 Å². The van der Waals surface area contributed by atoms with E-state index in [4.69, 9.17) is 11.6 Å². The van der Waals surface area contributed by atoms with Crippen LogP contribution in [0, 0.1) is 0 Å². The first kappa shape index (κ1) is 18.2. The largest absolute Gasteiger partial charge is 0.342 e. The third kappa shape index (κ3) is 4.30. The van der Waals surface area contributed by atoms with Crippen LogP contribution < -0.4 is 10.6 Å². The van der Waals surface area contributed by atoms with Crippen molar-refractivity contribution in [1.29, 1.82) is 0 Å². The zero-order chi connectivity index (χ0) is 18.5. The van der Waals surface area contributed by atoms with Gasteiger partial charge in [0.05, 0.1) is 11.4 Å². The summed E-state index contributed by atoms with van der Waals surface area (Å²) in [6.45, 7) is -0.120. The van der Waals surface area contributed by atoms with Crippen LogP contribution in [0.25, 0.3) is 0 Å². The summed E-state index contributed by atoms with van der Waals surface area (Å²) in [4.78, 5) is 29.3. The molecule has 2 aromatic heterocycles. The Hall–Kier alpha value is -2.64. The number of imidazole rings is 1. The lowest BCUT2D eigenvalue weighted by molar-refractivity contribution is -0.120. The number of amides is 2. The van der Waals surface area contributed by atoms with Gasteiger partial charge >= 0.3 is 0 Å². The summed E-state index contributed by atoms with van der Waals surface area (Å²) in [7, 11) is 1.86. The Morgan fingerprint density at radius 2 is 2.04 bits per heavy atom. The van der Waals surface area contributed by atoms with E-state index in [9.17, 15) is 9.59 Å². The maximum Gasteiger partial charge on any atom is 0.261 e. The van der Waals surface area contributed by atoms with E-state index >= 15 is 0 Å². The first-order valence-electron chi connectivity index (χ1n) is 7.88. The molecule has 1 unspecified atom stereocenters. The number of hydrogen-bond donors (Lipinski definition) is 2. The van der Waals surface area contributed by atoms with Crippen molar-refractivity contribution in [2.45, 2.75) is 6.04 Å². The molecule has 6 nitrogen and oxygen atoms in total. The predicted octanol–water partition coefficient (Wildman–Crippen LogP) is 2.77. The van der Waals surface area contributed by atoms with Crippen LogP contribution in [0.4, 0.5) is 0 Å². The van der Waals surface area contributed by atoms with Gasteiger partial charge in [0, 0.05) is 24.5 Å². The van der Waals surface area contributed by atoms with Gasteiger partial charge in [-0.25, -0.2) is 4.98 Å². The van der Waals surface area contributed by atoms with Gasteiger partial charge in [-0.2, -0.15) is 0 Å². The highest BCUT2D eigenvalue weighted by Crippen LogP contribution is 2.22. The molecule has 2 amide bonds. The third-order valence-electron chi connectivity index (χ3n) is 3.78. The number of halogens is 1. The van der Waals surface area contributed by atoms with E-state index in [0.717, 1.165) is 5.56 Å². The topological polar surface area (TPSA) is 76.0 Å². The van der Waals surface area contributed by atoms with Crippen LogP contribution in [-0.4, -0.2) is 27.9 Å². The maximum absolute atomic E-state index is 12.4. The Bertz CT molecular complexity index is 890. The minimum absolute atomic E-state index is 0.120. The predicted molar refractivity (Wildman–Crippen MR) is 101 cm³/mol. The molecule has 2 N–H and O–H groups in total. The van der Waals surface area contributed by atoms with E-state index in [1.54, 1.807) is 30.5 Å². The third-order valence-corrected chi connectivity index (χ3v) is 4.90. The quantitative estimate of drug-likeness (QED) is 0.681. The molecule has 26 heavy (non-hydrogen) atoms. The van der Waals surface area contributed by atoms with Crippen LogP contribution >= 0.6 is 22.9 Å². The Morgan fingerprint density at radius 1 is 1.27 bits per heavy atom. The molecule has 0 spiro atoms. The van der Waals surface area contributed by atoms with Gasteiger partial charge in [-0.15, -0.1) is 11.3 Å². The van der Waals surface area contributed by atoms with Gasteiger partial charge in [-0.05, 0) is 29.1 Å². The van der Waals surface area contributed by atoms with Crippen molar-refractivity contribution in [3.8, 4) is 0 Å². The second kappa shape index (κ2) is 8.16. The average molecular weight is 389 g/mol. The summed E-state index contributed by atoms with van der Waals surface area (Å²) < 4.78 is 1.84. The lowest BCUT2D eigenvalue weighted by Crippen LogP contribution is -2.39. The van der Waals surface area contributed by atoms with Crippen molar-refractivity contribution in [2.75, 3.05) is 6.54 Å². The van der Waals surface area contributed by atoms with E-state index in [1.807, 2.05) is 35.3 Å². The minimum Gasteiger partial charge on any atom is -0.342 e. The molecular formula is C18H17ClN4O2S. The van der Waals surface area contributed by atoms with Crippen molar-refractivity contribution in [1.82, 2.24) is 20.2 Å². The fraction of sp³-hybridized carbons (Fsp3) is 0.167. The Balaban J connectivity index is 1.71. The first-order valence-corrected chi connectivity index (χ1v) is 9.14. The second-order valence-electron chi connectivity index (χ2n) is 5.61. The van der Waals surface area contributed by atoms with Crippen LogP contribution in [-0.2, 0) is 11.8 Å². The monoisotopic (exact) mass is 388 g/mol. The van der Waals surface area contributed by atoms with Crippen LogP contribution in [0.5, 0.6) is 0 Å². The zero-order valence-corrected chi connectivity index (χ0v) is 15.6. The number of rotatable bonds is 6. The number of aromatic nitrogens is 2. The smallest absolute Gasteiger partial charge is 0.261 e. The number of thiophene rings is 1. The maximum atomic E-state index is 12.4. The molecule has 0 bridgehead atoms. The lowest BCUT2D eigenvalue weighted by Gasteiger charge is -2.19. The Morgan fingerprint density at radius 3 is 2.65 bits per heavy atom. The molecule has 0 saturated carbocycles. The van der Waals surface area contributed by atoms with Crippen molar-refractivity contribution >= 4 is 34.8 Å². The van der Waals surface area contributed by atoms with Crippen molar-refractivity contribution < 1.29 is 9.59 Å². The number of carbonyl (C=O) groups is 2. The number of benzene rings is 1. The molecule has 1 aromatic carbocycles. The average Bonchev–Trinajstić information content (AvgIpc) is 3.30. The summed E-state index contributed by atoms with van der Waals surface area (Å²) in [5.41, 5.74) is 0.849. The fourth-order valence-corrected chi connectivity index (χ4v) is 3.24. The molecule has 0 aliphatic heterocycles. The molecule has 3 aromatic rings. The van der Waals surface area contributed by atoms with Gasteiger partial charge in [0.25, 0.3) is 5.91 Å². The van der Waals surface area contributed by atoms with Gasteiger partial charge < -0.3 is 15.2 Å². The molecule has 0 aliphatic rings. The SMILES string of the molecule is Cn1ccnc1C(NC(=O)CNC(=O)c1cccs1)c1ccc(Cl)cc1. The minimum atomic E-state index is -0.446. The molecule has 3 rings (SSSR count). The highest BCUT2D eigenvalue weighted by molar-refractivity contribution is 7.12. The molecule has 0 aliphatic carbocycles. The Kier molecular flexibility index (Phi) is 5.70. The molecule has 0 fully saturated rings. The summed E-state index contributed by atoms with van der Waals surface area (Å²) in [6, 6.07) is 10.3. The van der Waals surface area contributed by atoms with Crippen molar-refractivity contribution in [2.24, 2.45) is 7.05 Å². The molecule has 1 atom stereocenters. The number of nitrogens with one attached hydrogen (secondary N) is 2. The van der Waals surface area contributed by atoms with E-state index in [-0.39, 0.29) is 18.4 Å². The summed E-state index contributed by atoms with van der Waals surface area (Å²) in [5, 5.41) is 7.97. The number of carbonyl (C=O) groups excluding carboxylic acids is 2. The highest BCUT2D eigenvalue weighted by Gasteiger charge is 2.21. The standard InChI is InChI=1S/C18H17ClN4O2S/c1-23-9-8-20-17(23)16(12-4-6-13(19)7-5-12)22-15(24)11-21-18(25)14-3-2-10-26-14/h2-10,16H,11H2,1H3,(H,21,25)(H,22,24). The summed E-state index contributed by atoms with van der Waals surface area (Å²) in [6.07, 6.45) is 3.48. The molecule has 8 heteroatoms. The Labute approximate surface area is 159 Å². The van der Waals surface area contributed by atoms with Crippen LogP contribution in [0.2, 0.25) is 5.02 Å². The number of nitrogens with zero attached hydrogens (tertiary/aromatic N) is 2. The van der Waals surface area contributed by atoms with Crippen molar-refractivity contribution in [3.05, 3.63) is 75.5 Å². The van der Waals surface area contributed by atoms with E-state index in [0.29, 0.717) is 15.7 Å². The normalized spacial score (nSPS) is 11.8. The lowest BCUT2D eigenvalue weighted by atomic mass is 10.1. The summed E-state index contributed by atoms with van der Waals surface area (Å²) >= 11 is 7.28. The van der Waals surface area contributed by atoms with E-state index in [1.165, 1.54) is 11.3 Å². The first-order chi connectivity index (χ1) is 12.5. The van der Waals surface area contributed by atoms with Gasteiger partial charge in [-0.3, -0.25) is 9.59 Å². The zero-order valence-electron chi connectivity index (χ0n) is 14.0. The highest BCUT2D eigenvalue weighted by atomic mass is 35.5. The fourth-order valence-electron chi connectivity index (χ4n) is 2.47. The molecule has 0 radical (unpaired) electrons. The van der Waals surface area contributed by atoms with E-state index in [2.05, 4.69) is 15.6 Å². The van der Waals surface area contributed by atoms with Crippen LogP contribution in [0.3, 0.4) is 0 Å². The number of aryl methyl sites for hydroxylation is 1. The van der Waals surface area contributed by atoms with Gasteiger partial charge in [0.15, 0.2) is 0 Å². The second-order valence-corrected chi connectivity index (χ2v) is 6.99. The molecule has 0 saturated heterocycles. The van der Waals surface area contributed by atoms with Crippen LogP contribution in [0.15, 0.2) is 54.2 Å².